The lowest BCUT2D eigenvalue weighted by Gasteiger charge is -2.14. The molecule has 178 valence electrons. The molecule has 3 rings (SSSR count). The SMILES string of the molecule is Cc1cc(NC(=O)[C@@H](O)c2cc(F)cc(F)c2)ccc1-c1cnc(N)c(C(=O)NCC(C)C)c1. The number of nitrogens with zero attached hydrogens (tertiary/aromatic N) is 1. The molecule has 1 aromatic heterocycles. The molecule has 7 nitrogen and oxygen atoms in total. The number of aliphatic hydroxyl groups is 1. The molecule has 2 amide bonds. The fourth-order valence-corrected chi connectivity index (χ4v) is 3.36. The Morgan fingerprint density at radius 3 is 2.38 bits per heavy atom. The molecule has 0 bridgehead atoms. The predicted octanol–water partition coefficient (Wildman–Crippen LogP) is 3.98. The van der Waals surface area contributed by atoms with Crippen LogP contribution in [0.4, 0.5) is 20.3 Å². The maximum absolute atomic E-state index is 13.4. The Hall–Kier alpha value is -3.85. The summed E-state index contributed by atoms with van der Waals surface area (Å²) in [5.41, 5.74) is 8.52. The molecule has 0 saturated carbocycles. The molecular weight excluding hydrogens is 442 g/mol. The van der Waals surface area contributed by atoms with Crippen molar-refractivity contribution in [3.05, 3.63) is 77.0 Å². The third kappa shape index (κ3) is 5.93. The third-order valence-electron chi connectivity index (χ3n) is 5.09. The topological polar surface area (TPSA) is 117 Å². The second kappa shape index (κ2) is 10.4. The van der Waals surface area contributed by atoms with Gasteiger partial charge in [-0.2, -0.15) is 0 Å². The van der Waals surface area contributed by atoms with Crippen LogP contribution in [0.5, 0.6) is 0 Å². The first-order chi connectivity index (χ1) is 16.0. The monoisotopic (exact) mass is 468 g/mol. The van der Waals surface area contributed by atoms with E-state index in [4.69, 9.17) is 5.73 Å². The van der Waals surface area contributed by atoms with Crippen molar-refractivity contribution in [2.24, 2.45) is 5.92 Å². The minimum Gasteiger partial charge on any atom is -0.383 e. The minimum absolute atomic E-state index is 0.120. The van der Waals surface area contributed by atoms with Gasteiger partial charge < -0.3 is 21.5 Å². The van der Waals surface area contributed by atoms with E-state index >= 15 is 0 Å². The lowest BCUT2D eigenvalue weighted by atomic mass is 9.99. The second-order valence-electron chi connectivity index (χ2n) is 8.38. The molecule has 2 aromatic carbocycles. The summed E-state index contributed by atoms with van der Waals surface area (Å²) in [6, 6.07) is 9.09. The van der Waals surface area contributed by atoms with Crippen LogP contribution in [0.25, 0.3) is 11.1 Å². The smallest absolute Gasteiger partial charge is 0.257 e. The van der Waals surface area contributed by atoms with Crippen LogP contribution in [-0.4, -0.2) is 28.4 Å². The number of aliphatic hydroxyl groups excluding tert-OH is 1. The minimum atomic E-state index is -1.75. The maximum Gasteiger partial charge on any atom is 0.257 e. The Kier molecular flexibility index (Phi) is 7.57. The molecule has 1 atom stereocenters. The first kappa shape index (κ1) is 24.8. The molecule has 0 radical (unpaired) electrons. The predicted molar refractivity (Wildman–Crippen MR) is 126 cm³/mol. The number of pyridine rings is 1. The van der Waals surface area contributed by atoms with E-state index in [1.54, 1.807) is 37.4 Å². The molecule has 3 aromatic rings. The first-order valence-electron chi connectivity index (χ1n) is 10.6. The van der Waals surface area contributed by atoms with Gasteiger partial charge in [0.15, 0.2) is 6.10 Å². The highest BCUT2D eigenvalue weighted by Gasteiger charge is 2.20. The average Bonchev–Trinajstić information content (AvgIpc) is 2.77. The van der Waals surface area contributed by atoms with E-state index in [-0.39, 0.29) is 28.8 Å². The molecule has 0 spiro atoms. The number of anilines is 2. The zero-order valence-corrected chi connectivity index (χ0v) is 19.0. The van der Waals surface area contributed by atoms with Gasteiger partial charge in [0.05, 0.1) is 5.56 Å². The van der Waals surface area contributed by atoms with E-state index in [0.29, 0.717) is 23.9 Å². The van der Waals surface area contributed by atoms with Gasteiger partial charge in [-0.25, -0.2) is 13.8 Å². The summed E-state index contributed by atoms with van der Waals surface area (Å²) in [6.07, 6.45) is -0.199. The molecular formula is C25H26F2N4O3. The number of rotatable bonds is 7. The van der Waals surface area contributed by atoms with Gasteiger partial charge in [-0.15, -0.1) is 0 Å². The standard InChI is InChI=1S/C25H26F2N4O3/c1-13(2)11-30-24(33)21-9-16(12-29-23(21)28)20-5-4-19(6-14(20)3)31-25(34)22(32)15-7-17(26)10-18(27)8-15/h4-10,12-13,22,32H,11H2,1-3H3,(H2,28,29)(H,30,33)(H,31,34)/t22-/m0/s1. The number of nitrogens with two attached hydrogens (primary N) is 1. The van der Waals surface area contributed by atoms with Crippen molar-refractivity contribution in [1.29, 1.82) is 0 Å². The highest BCUT2D eigenvalue weighted by Crippen LogP contribution is 2.28. The lowest BCUT2D eigenvalue weighted by molar-refractivity contribution is -0.124. The Balaban J connectivity index is 1.79. The molecule has 5 N–H and O–H groups in total. The van der Waals surface area contributed by atoms with Crippen LogP contribution in [0, 0.1) is 24.5 Å². The summed E-state index contributed by atoms with van der Waals surface area (Å²) in [5, 5.41) is 15.5. The Morgan fingerprint density at radius 2 is 1.76 bits per heavy atom. The number of nitrogens with one attached hydrogen (secondary N) is 2. The van der Waals surface area contributed by atoms with Crippen molar-refractivity contribution in [1.82, 2.24) is 10.3 Å². The number of nitrogen functional groups attached to an aromatic ring is 1. The summed E-state index contributed by atoms with van der Waals surface area (Å²) >= 11 is 0. The molecule has 1 heterocycles. The molecule has 9 heteroatoms. The number of benzene rings is 2. The molecule has 0 saturated heterocycles. The number of aryl methyl sites for hydroxylation is 1. The van der Waals surface area contributed by atoms with Crippen LogP contribution in [0.15, 0.2) is 48.7 Å². The van der Waals surface area contributed by atoms with E-state index in [2.05, 4.69) is 15.6 Å². The van der Waals surface area contributed by atoms with E-state index in [0.717, 1.165) is 23.3 Å². The fourth-order valence-electron chi connectivity index (χ4n) is 3.36. The summed E-state index contributed by atoms with van der Waals surface area (Å²) in [5.74, 6) is -2.54. The first-order valence-corrected chi connectivity index (χ1v) is 10.6. The number of carbonyl (C=O) groups excluding carboxylic acids is 2. The van der Waals surface area contributed by atoms with Crippen molar-refractivity contribution < 1.29 is 23.5 Å². The van der Waals surface area contributed by atoms with E-state index < -0.39 is 23.6 Å². The molecule has 0 aliphatic carbocycles. The molecule has 34 heavy (non-hydrogen) atoms. The van der Waals surface area contributed by atoms with E-state index in [1.807, 2.05) is 13.8 Å². The normalized spacial score (nSPS) is 11.9. The van der Waals surface area contributed by atoms with Gasteiger partial charge in [-0.3, -0.25) is 9.59 Å². The van der Waals surface area contributed by atoms with Crippen LogP contribution in [0.3, 0.4) is 0 Å². The highest BCUT2D eigenvalue weighted by molar-refractivity contribution is 5.99. The quantitative estimate of drug-likeness (QED) is 0.419. The zero-order chi connectivity index (χ0) is 25.0. The summed E-state index contributed by atoms with van der Waals surface area (Å²) in [4.78, 5) is 29.0. The van der Waals surface area contributed by atoms with Gasteiger partial charge in [0.2, 0.25) is 0 Å². The van der Waals surface area contributed by atoms with Crippen molar-refractivity contribution in [2.75, 3.05) is 17.6 Å². The largest absolute Gasteiger partial charge is 0.383 e. The number of hydrogen-bond acceptors (Lipinski definition) is 5. The Bertz CT molecular complexity index is 1210. The van der Waals surface area contributed by atoms with Crippen molar-refractivity contribution >= 4 is 23.3 Å². The number of carbonyl (C=O) groups is 2. The summed E-state index contributed by atoms with van der Waals surface area (Å²) in [6.45, 7) is 6.27. The van der Waals surface area contributed by atoms with Gasteiger partial charge >= 0.3 is 0 Å². The lowest BCUT2D eigenvalue weighted by Crippen LogP contribution is -2.28. The van der Waals surface area contributed by atoms with Gasteiger partial charge in [-0.1, -0.05) is 19.9 Å². The number of halogens is 2. The van der Waals surface area contributed by atoms with Crippen LogP contribution in [0.1, 0.15) is 41.4 Å². The van der Waals surface area contributed by atoms with Crippen LogP contribution in [-0.2, 0) is 4.79 Å². The number of aromatic nitrogens is 1. The van der Waals surface area contributed by atoms with Crippen molar-refractivity contribution in [2.45, 2.75) is 26.9 Å². The fraction of sp³-hybridized carbons (Fsp3) is 0.240. The Labute approximate surface area is 196 Å². The molecule has 0 unspecified atom stereocenters. The van der Waals surface area contributed by atoms with Crippen molar-refractivity contribution in [3.8, 4) is 11.1 Å². The van der Waals surface area contributed by atoms with E-state index in [9.17, 15) is 23.5 Å². The van der Waals surface area contributed by atoms with Crippen molar-refractivity contribution in [3.63, 3.8) is 0 Å². The van der Waals surface area contributed by atoms with E-state index in [1.165, 1.54) is 0 Å². The maximum atomic E-state index is 13.4. The number of amides is 2. The van der Waals surface area contributed by atoms with Crippen LogP contribution >= 0.6 is 0 Å². The van der Waals surface area contributed by atoms with Crippen LogP contribution < -0.4 is 16.4 Å². The van der Waals surface area contributed by atoms with Gasteiger partial charge in [-0.05, 0) is 59.9 Å². The average molecular weight is 469 g/mol. The Morgan fingerprint density at radius 1 is 1.09 bits per heavy atom. The molecule has 0 aliphatic rings. The number of hydrogen-bond donors (Lipinski definition) is 4. The van der Waals surface area contributed by atoms with Gasteiger partial charge in [0.1, 0.15) is 17.5 Å². The summed E-state index contributed by atoms with van der Waals surface area (Å²) in [7, 11) is 0. The van der Waals surface area contributed by atoms with Gasteiger partial charge in [0.25, 0.3) is 11.8 Å². The van der Waals surface area contributed by atoms with Gasteiger partial charge in [0, 0.05) is 30.1 Å². The zero-order valence-electron chi connectivity index (χ0n) is 19.0. The molecule has 0 aliphatic heterocycles. The third-order valence-corrected chi connectivity index (χ3v) is 5.09. The second-order valence-corrected chi connectivity index (χ2v) is 8.38. The van der Waals surface area contributed by atoms with Crippen LogP contribution in [0.2, 0.25) is 0 Å². The highest BCUT2D eigenvalue weighted by atomic mass is 19.1. The molecule has 0 fully saturated rings. The summed E-state index contributed by atoms with van der Waals surface area (Å²) < 4.78 is 26.8.